The molecule has 112 valence electrons. The Bertz CT molecular complexity index is 596. The van der Waals surface area contributed by atoms with Crippen molar-refractivity contribution in [1.82, 2.24) is 0 Å². The summed E-state index contributed by atoms with van der Waals surface area (Å²) in [6, 6.07) is 14.5. The van der Waals surface area contributed by atoms with Gasteiger partial charge in [-0.05, 0) is 37.1 Å². The third-order valence-electron chi connectivity index (χ3n) is 3.68. The van der Waals surface area contributed by atoms with Gasteiger partial charge in [0.1, 0.15) is 11.5 Å². The van der Waals surface area contributed by atoms with Crippen molar-refractivity contribution < 1.29 is 9.47 Å². The van der Waals surface area contributed by atoms with Crippen molar-refractivity contribution in [3.05, 3.63) is 53.6 Å². The molecular formula is C18H23NO2. The van der Waals surface area contributed by atoms with E-state index in [9.17, 15) is 0 Å². The Hall–Kier alpha value is -2.16. The summed E-state index contributed by atoms with van der Waals surface area (Å²) in [6.07, 6.45) is 1.01. The van der Waals surface area contributed by atoms with E-state index >= 15 is 0 Å². The number of ether oxygens (including phenoxy) is 2. The first-order chi connectivity index (χ1) is 10.2. The van der Waals surface area contributed by atoms with Crippen LogP contribution in [0.4, 0.5) is 5.69 Å². The summed E-state index contributed by atoms with van der Waals surface area (Å²) in [7, 11) is 3.35. The van der Waals surface area contributed by atoms with Crippen molar-refractivity contribution in [3.8, 4) is 11.5 Å². The number of hydrogen-bond acceptors (Lipinski definition) is 3. The zero-order valence-corrected chi connectivity index (χ0v) is 13.1. The van der Waals surface area contributed by atoms with Crippen molar-refractivity contribution in [2.24, 2.45) is 0 Å². The predicted octanol–water partition coefficient (Wildman–Crippen LogP) is 4.44. The first-order valence-electron chi connectivity index (χ1n) is 7.26. The van der Waals surface area contributed by atoms with E-state index in [-0.39, 0.29) is 6.04 Å². The van der Waals surface area contributed by atoms with E-state index in [0.29, 0.717) is 0 Å². The highest BCUT2D eigenvalue weighted by molar-refractivity contribution is 5.54. The van der Waals surface area contributed by atoms with Crippen LogP contribution in [0.15, 0.2) is 42.5 Å². The van der Waals surface area contributed by atoms with Gasteiger partial charge in [-0.15, -0.1) is 0 Å². The largest absolute Gasteiger partial charge is 0.497 e. The van der Waals surface area contributed by atoms with Crippen molar-refractivity contribution >= 4 is 5.69 Å². The lowest BCUT2D eigenvalue weighted by Crippen LogP contribution is -2.09. The molecule has 0 heterocycles. The van der Waals surface area contributed by atoms with E-state index in [0.717, 1.165) is 23.5 Å². The molecule has 2 rings (SSSR count). The molecule has 0 fully saturated rings. The van der Waals surface area contributed by atoms with E-state index in [2.05, 4.69) is 43.4 Å². The molecule has 3 heteroatoms. The molecule has 1 atom stereocenters. The SMILES string of the molecule is CCc1ccccc1NC(C)c1ccc(OC)cc1OC. The van der Waals surface area contributed by atoms with E-state index in [1.54, 1.807) is 14.2 Å². The van der Waals surface area contributed by atoms with E-state index in [1.165, 1.54) is 11.3 Å². The Labute approximate surface area is 126 Å². The summed E-state index contributed by atoms with van der Waals surface area (Å²) in [5, 5.41) is 3.57. The summed E-state index contributed by atoms with van der Waals surface area (Å²) in [5.74, 6) is 1.64. The van der Waals surface area contributed by atoms with E-state index in [1.807, 2.05) is 18.2 Å². The summed E-state index contributed by atoms with van der Waals surface area (Å²) in [6.45, 7) is 4.30. The van der Waals surface area contributed by atoms with Gasteiger partial charge < -0.3 is 14.8 Å². The number of hydrogen-bond donors (Lipinski definition) is 1. The van der Waals surface area contributed by atoms with Gasteiger partial charge in [0, 0.05) is 17.3 Å². The van der Waals surface area contributed by atoms with Crippen LogP contribution in [-0.2, 0) is 6.42 Å². The molecule has 1 unspecified atom stereocenters. The standard InChI is InChI=1S/C18H23NO2/c1-5-14-8-6-7-9-17(14)19-13(2)16-11-10-15(20-3)12-18(16)21-4/h6-13,19H,5H2,1-4H3. The first kappa shape index (κ1) is 15.2. The number of nitrogens with one attached hydrogen (secondary N) is 1. The molecule has 0 aliphatic heterocycles. The van der Waals surface area contributed by atoms with Crippen LogP contribution in [0, 0.1) is 0 Å². The monoisotopic (exact) mass is 285 g/mol. The van der Waals surface area contributed by atoms with Crippen LogP contribution in [0.1, 0.15) is 31.0 Å². The molecule has 2 aromatic rings. The van der Waals surface area contributed by atoms with Gasteiger partial charge in [0.2, 0.25) is 0 Å². The van der Waals surface area contributed by atoms with Gasteiger partial charge in [-0.2, -0.15) is 0 Å². The molecular weight excluding hydrogens is 262 g/mol. The normalized spacial score (nSPS) is 11.8. The molecule has 0 spiro atoms. The number of anilines is 1. The van der Waals surface area contributed by atoms with Gasteiger partial charge in [-0.25, -0.2) is 0 Å². The minimum absolute atomic E-state index is 0.151. The van der Waals surface area contributed by atoms with Crippen LogP contribution in [0.3, 0.4) is 0 Å². The van der Waals surface area contributed by atoms with Crippen molar-refractivity contribution in [2.75, 3.05) is 19.5 Å². The number of para-hydroxylation sites is 1. The van der Waals surface area contributed by atoms with Crippen LogP contribution in [0.2, 0.25) is 0 Å². The molecule has 2 aromatic carbocycles. The molecule has 0 amide bonds. The molecule has 1 N–H and O–H groups in total. The molecule has 0 aliphatic rings. The third-order valence-corrected chi connectivity index (χ3v) is 3.68. The lowest BCUT2D eigenvalue weighted by Gasteiger charge is -2.20. The Morgan fingerprint density at radius 2 is 1.81 bits per heavy atom. The fourth-order valence-corrected chi connectivity index (χ4v) is 2.46. The molecule has 21 heavy (non-hydrogen) atoms. The van der Waals surface area contributed by atoms with Crippen LogP contribution in [-0.4, -0.2) is 14.2 Å². The van der Waals surface area contributed by atoms with Crippen LogP contribution in [0.5, 0.6) is 11.5 Å². The second-order valence-electron chi connectivity index (χ2n) is 4.98. The van der Waals surface area contributed by atoms with Crippen molar-refractivity contribution in [1.29, 1.82) is 0 Å². The average Bonchev–Trinajstić information content (AvgIpc) is 2.54. The third kappa shape index (κ3) is 3.48. The summed E-state index contributed by atoms with van der Waals surface area (Å²) in [4.78, 5) is 0. The van der Waals surface area contributed by atoms with Gasteiger partial charge in [0.15, 0.2) is 0 Å². The fourth-order valence-electron chi connectivity index (χ4n) is 2.46. The van der Waals surface area contributed by atoms with Gasteiger partial charge >= 0.3 is 0 Å². The average molecular weight is 285 g/mol. The smallest absolute Gasteiger partial charge is 0.127 e. The Kier molecular flexibility index (Phi) is 5.09. The minimum atomic E-state index is 0.151. The summed E-state index contributed by atoms with van der Waals surface area (Å²) in [5.41, 5.74) is 3.60. The van der Waals surface area contributed by atoms with Gasteiger partial charge in [0.25, 0.3) is 0 Å². The molecule has 0 aromatic heterocycles. The molecule has 3 nitrogen and oxygen atoms in total. The summed E-state index contributed by atoms with van der Waals surface area (Å²) < 4.78 is 10.7. The van der Waals surface area contributed by atoms with Gasteiger partial charge in [-0.3, -0.25) is 0 Å². The van der Waals surface area contributed by atoms with Crippen LogP contribution >= 0.6 is 0 Å². The van der Waals surface area contributed by atoms with Crippen LogP contribution in [0.25, 0.3) is 0 Å². The number of aryl methyl sites for hydroxylation is 1. The zero-order valence-electron chi connectivity index (χ0n) is 13.1. The topological polar surface area (TPSA) is 30.5 Å². The Morgan fingerprint density at radius 3 is 2.48 bits per heavy atom. The maximum absolute atomic E-state index is 5.48. The highest BCUT2D eigenvalue weighted by Gasteiger charge is 2.13. The first-order valence-corrected chi connectivity index (χ1v) is 7.26. The van der Waals surface area contributed by atoms with E-state index < -0.39 is 0 Å². The maximum atomic E-state index is 5.48. The van der Waals surface area contributed by atoms with Crippen LogP contribution < -0.4 is 14.8 Å². The molecule has 0 saturated heterocycles. The second-order valence-corrected chi connectivity index (χ2v) is 4.98. The lowest BCUT2D eigenvalue weighted by atomic mass is 10.0. The molecule has 0 saturated carbocycles. The molecule has 0 bridgehead atoms. The highest BCUT2D eigenvalue weighted by Crippen LogP contribution is 2.32. The zero-order chi connectivity index (χ0) is 15.2. The number of benzene rings is 2. The van der Waals surface area contributed by atoms with Gasteiger partial charge in [-0.1, -0.05) is 25.1 Å². The number of rotatable bonds is 6. The minimum Gasteiger partial charge on any atom is -0.497 e. The van der Waals surface area contributed by atoms with Crippen molar-refractivity contribution in [2.45, 2.75) is 26.3 Å². The molecule has 0 radical (unpaired) electrons. The van der Waals surface area contributed by atoms with E-state index in [4.69, 9.17) is 9.47 Å². The predicted molar refractivity (Wildman–Crippen MR) is 87.4 cm³/mol. The maximum Gasteiger partial charge on any atom is 0.127 e. The quantitative estimate of drug-likeness (QED) is 0.851. The number of methoxy groups -OCH3 is 2. The molecule has 0 aliphatic carbocycles. The summed E-state index contributed by atoms with van der Waals surface area (Å²) >= 11 is 0. The van der Waals surface area contributed by atoms with Gasteiger partial charge in [0.05, 0.1) is 20.3 Å². The Morgan fingerprint density at radius 1 is 1.05 bits per heavy atom. The lowest BCUT2D eigenvalue weighted by molar-refractivity contribution is 0.390. The fraction of sp³-hybridized carbons (Fsp3) is 0.333. The Balaban J connectivity index is 2.25. The second kappa shape index (κ2) is 7.02. The van der Waals surface area contributed by atoms with Crippen molar-refractivity contribution in [3.63, 3.8) is 0 Å². The highest BCUT2D eigenvalue weighted by atomic mass is 16.5.